The molecule has 0 unspecified atom stereocenters. The highest BCUT2D eigenvalue weighted by Crippen LogP contribution is 2.31. The van der Waals surface area contributed by atoms with Crippen LogP contribution in [0, 0.1) is 5.92 Å². The Balaban J connectivity index is 2.21. The zero-order valence-electron chi connectivity index (χ0n) is 8.46. The van der Waals surface area contributed by atoms with Gasteiger partial charge in [-0.15, -0.1) is 0 Å². The number of nitrogens with one attached hydrogen (secondary N) is 1. The van der Waals surface area contributed by atoms with Gasteiger partial charge in [0.05, 0.1) is 0 Å². The minimum Gasteiger partial charge on any atom is -0.316 e. The summed E-state index contributed by atoms with van der Waals surface area (Å²) in [6.45, 7) is 4.50. The molecule has 2 atom stereocenters. The van der Waals surface area contributed by atoms with Crippen molar-refractivity contribution in [1.29, 1.82) is 0 Å². The van der Waals surface area contributed by atoms with Crippen LogP contribution in [0.4, 0.5) is 0 Å². The lowest BCUT2D eigenvalue weighted by atomic mass is 9.87. The van der Waals surface area contributed by atoms with Gasteiger partial charge in [-0.2, -0.15) is 0 Å². The maximum absolute atomic E-state index is 5.99. The first-order valence-corrected chi connectivity index (χ1v) is 5.65. The van der Waals surface area contributed by atoms with E-state index in [2.05, 4.69) is 24.4 Å². The molecule has 0 bridgehead atoms. The maximum Gasteiger partial charge on any atom is 0.0408 e. The number of hydrogen-bond acceptors (Lipinski definition) is 1. The molecule has 0 aliphatic carbocycles. The van der Waals surface area contributed by atoms with Gasteiger partial charge in [-0.1, -0.05) is 37.1 Å². The smallest absolute Gasteiger partial charge is 0.0408 e. The summed E-state index contributed by atoms with van der Waals surface area (Å²) in [6.07, 6.45) is 1.24. The summed E-state index contributed by atoms with van der Waals surface area (Å²) in [6, 6.07) is 8.27. The van der Waals surface area contributed by atoms with Crippen molar-refractivity contribution in [2.24, 2.45) is 5.92 Å². The highest BCUT2D eigenvalue weighted by Gasteiger charge is 2.26. The predicted molar refractivity (Wildman–Crippen MR) is 60.8 cm³/mol. The Bertz CT molecular complexity index is 311. The second kappa shape index (κ2) is 4.33. The fourth-order valence-electron chi connectivity index (χ4n) is 2.29. The van der Waals surface area contributed by atoms with Gasteiger partial charge >= 0.3 is 0 Å². The van der Waals surface area contributed by atoms with Gasteiger partial charge in [-0.3, -0.25) is 0 Å². The van der Waals surface area contributed by atoms with Gasteiger partial charge in [-0.05, 0) is 30.2 Å². The van der Waals surface area contributed by atoms with Crippen LogP contribution in [0.15, 0.2) is 24.3 Å². The Kier molecular flexibility index (Phi) is 3.09. The Hall–Kier alpha value is -0.530. The van der Waals surface area contributed by atoms with E-state index < -0.39 is 0 Å². The molecule has 1 heterocycles. The number of halogens is 1. The Morgan fingerprint density at radius 1 is 1.43 bits per heavy atom. The Labute approximate surface area is 90.5 Å². The highest BCUT2D eigenvalue weighted by atomic mass is 35.5. The molecule has 1 saturated heterocycles. The van der Waals surface area contributed by atoms with E-state index in [1.807, 2.05) is 12.1 Å². The molecule has 76 valence electrons. The van der Waals surface area contributed by atoms with Crippen molar-refractivity contribution in [2.75, 3.05) is 13.1 Å². The largest absolute Gasteiger partial charge is 0.316 e. The quantitative estimate of drug-likeness (QED) is 0.790. The van der Waals surface area contributed by atoms with Gasteiger partial charge in [0.2, 0.25) is 0 Å². The summed E-state index contributed by atoms with van der Waals surface area (Å²) < 4.78 is 0. The summed E-state index contributed by atoms with van der Waals surface area (Å²) in [5.74, 6) is 1.42. The van der Waals surface area contributed by atoms with Crippen LogP contribution in [-0.4, -0.2) is 13.1 Å². The van der Waals surface area contributed by atoms with Crippen molar-refractivity contribution in [2.45, 2.75) is 19.3 Å². The molecule has 1 aliphatic heterocycles. The van der Waals surface area contributed by atoms with Crippen molar-refractivity contribution in [3.63, 3.8) is 0 Å². The predicted octanol–water partition coefficient (Wildman–Crippen LogP) is 3.05. The second-order valence-corrected chi connectivity index (χ2v) is 4.42. The number of benzene rings is 1. The molecule has 14 heavy (non-hydrogen) atoms. The van der Waals surface area contributed by atoms with Crippen molar-refractivity contribution in [1.82, 2.24) is 5.32 Å². The summed E-state index contributed by atoms with van der Waals surface area (Å²) in [5, 5.41) is 4.30. The molecule has 1 aromatic rings. The zero-order chi connectivity index (χ0) is 9.97. The van der Waals surface area contributed by atoms with Crippen LogP contribution in [0.25, 0.3) is 0 Å². The summed E-state index contributed by atoms with van der Waals surface area (Å²) in [5.41, 5.74) is 1.38. The monoisotopic (exact) mass is 209 g/mol. The van der Waals surface area contributed by atoms with Crippen LogP contribution in [-0.2, 0) is 0 Å². The van der Waals surface area contributed by atoms with E-state index >= 15 is 0 Å². The van der Waals surface area contributed by atoms with Gasteiger partial charge < -0.3 is 5.32 Å². The molecule has 0 aromatic heterocycles. The van der Waals surface area contributed by atoms with Crippen LogP contribution < -0.4 is 5.32 Å². The third-order valence-electron chi connectivity index (χ3n) is 3.14. The standard InChI is InChI=1S/C12H16ClN/c1-2-9-7-14-8-12(9)10-4-3-5-11(13)6-10/h3-6,9,12,14H,2,7-8H2,1H3/t9-,12+/m1/s1. The molecule has 0 spiro atoms. The van der Waals surface area contributed by atoms with E-state index in [1.165, 1.54) is 12.0 Å². The fourth-order valence-corrected chi connectivity index (χ4v) is 2.49. The molecule has 1 N–H and O–H groups in total. The van der Waals surface area contributed by atoms with E-state index in [0.717, 1.165) is 24.0 Å². The van der Waals surface area contributed by atoms with Crippen LogP contribution in [0.3, 0.4) is 0 Å². The third kappa shape index (κ3) is 1.94. The Morgan fingerprint density at radius 3 is 3.00 bits per heavy atom. The SMILES string of the molecule is CC[C@@H]1CNC[C@@H]1c1cccc(Cl)c1. The van der Waals surface area contributed by atoms with Gasteiger partial charge in [0.25, 0.3) is 0 Å². The number of hydrogen-bond donors (Lipinski definition) is 1. The molecule has 0 amide bonds. The van der Waals surface area contributed by atoms with Crippen molar-refractivity contribution >= 4 is 11.6 Å². The first-order chi connectivity index (χ1) is 6.81. The van der Waals surface area contributed by atoms with E-state index in [9.17, 15) is 0 Å². The molecular weight excluding hydrogens is 194 g/mol. The minimum atomic E-state index is 0.652. The average molecular weight is 210 g/mol. The van der Waals surface area contributed by atoms with Gasteiger partial charge in [0.15, 0.2) is 0 Å². The van der Waals surface area contributed by atoms with Gasteiger partial charge in [-0.25, -0.2) is 0 Å². The fraction of sp³-hybridized carbons (Fsp3) is 0.500. The van der Waals surface area contributed by atoms with Crippen LogP contribution in [0.1, 0.15) is 24.8 Å². The molecule has 0 radical (unpaired) electrons. The molecular formula is C12H16ClN. The molecule has 2 rings (SSSR count). The van der Waals surface area contributed by atoms with Crippen LogP contribution in [0.5, 0.6) is 0 Å². The van der Waals surface area contributed by atoms with E-state index in [-0.39, 0.29) is 0 Å². The maximum atomic E-state index is 5.99. The highest BCUT2D eigenvalue weighted by molar-refractivity contribution is 6.30. The summed E-state index contributed by atoms with van der Waals surface area (Å²) >= 11 is 5.99. The van der Waals surface area contributed by atoms with E-state index in [1.54, 1.807) is 0 Å². The second-order valence-electron chi connectivity index (χ2n) is 3.99. The first-order valence-electron chi connectivity index (χ1n) is 5.27. The van der Waals surface area contributed by atoms with Crippen molar-refractivity contribution in [3.8, 4) is 0 Å². The van der Waals surface area contributed by atoms with Crippen LogP contribution >= 0.6 is 11.6 Å². The number of rotatable bonds is 2. The first kappa shape index (κ1) is 10.0. The van der Waals surface area contributed by atoms with Crippen LogP contribution in [0.2, 0.25) is 5.02 Å². The lowest BCUT2D eigenvalue weighted by Gasteiger charge is -2.17. The minimum absolute atomic E-state index is 0.652. The lowest BCUT2D eigenvalue weighted by Crippen LogP contribution is -2.09. The molecule has 1 nitrogen and oxygen atoms in total. The topological polar surface area (TPSA) is 12.0 Å². The lowest BCUT2D eigenvalue weighted by molar-refractivity contribution is 0.503. The summed E-state index contributed by atoms with van der Waals surface area (Å²) in [4.78, 5) is 0. The Morgan fingerprint density at radius 2 is 2.29 bits per heavy atom. The normalized spacial score (nSPS) is 26.7. The van der Waals surface area contributed by atoms with Gasteiger partial charge in [0.1, 0.15) is 0 Å². The third-order valence-corrected chi connectivity index (χ3v) is 3.38. The van der Waals surface area contributed by atoms with E-state index in [4.69, 9.17) is 11.6 Å². The molecule has 1 aromatic carbocycles. The van der Waals surface area contributed by atoms with Crippen molar-refractivity contribution < 1.29 is 0 Å². The average Bonchev–Trinajstić information content (AvgIpc) is 2.65. The molecule has 0 saturated carbocycles. The zero-order valence-corrected chi connectivity index (χ0v) is 9.22. The van der Waals surface area contributed by atoms with E-state index in [0.29, 0.717) is 5.92 Å². The molecule has 1 aliphatic rings. The van der Waals surface area contributed by atoms with Crippen molar-refractivity contribution in [3.05, 3.63) is 34.9 Å². The molecule has 1 fully saturated rings. The van der Waals surface area contributed by atoms with Gasteiger partial charge in [0, 0.05) is 17.5 Å². The summed E-state index contributed by atoms with van der Waals surface area (Å²) in [7, 11) is 0. The molecule has 2 heteroatoms.